The number of carbonyl (C=O) groups is 1. The Morgan fingerprint density at radius 1 is 1.27 bits per heavy atom. The van der Waals surface area contributed by atoms with Crippen LogP contribution in [0.1, 0.15) is 21.7 Å². The first-order valence-corrected chi connectivity index (χ1v) is 4.68. The number of pyridine rings is 1. The lowest BCUT2D eigenvalue weighted by Crippen LogP contribution is -1.90. The number of aldehydes is 1. The van der Waals surface area contributed by atoms with Gasteiger partial charge in [0.15, 0.2) is 6.29 Å². The van der Waals surface area contributed by atoms with E-state index in [1.54, 1.807) is 18.2 Å². The highest BCUT2D eigenvalue weighted by Gasteiger charge is 2.08. The zero-order chi connectivity index (χ0) is 11.0. The third-order valence-corrected chi connectivity index (χ3v) is 2.46. The van der Waals surface area contributed by atoms with Crippen molar-refractivity contribution in [3.05, 3.63) is 35.2 Å². The number of nitrogens with zero attached hydrogens (tertiary/aromatic N) is 1. The monoisotopic (exact) mass is 201 g/mol. The molecule has 3 heteroatoms. The number of aromatic hydroxyl groups is 1. The third kappa shape index (κ3) is 1.46. The van der Waals surface area contributed by atoms with Crippen molar-refractivity contribution < 1.29 is 9.90 Å². The molecule has 0 aliphatic carbocycles. The Labute approximate surface area is 87.4 Å². The Kier molecular flexibility index (Phi) is 2.15. The summed E-state index contributed by atoms with van der Waals surface area (Å²) in [6.45, 7) is 3.74. The number of aryl methyl sites for hydroxylation is 2. The average Bonchev–Trinajstić information content (AvgIpc) is 2.19. The van der Waals surface area contributed by atoms with Gasteiger partial charge in [-0.1, -0.05) is 6.07 Å². The fourth-order valence-corrected chi connectivity index (χ4v) is 1.75. The molecular formula is C12H11NO2. The number of benzene rings is 1. The molecule has 1 aromatic heterocycles. The summed E-state index contributed by atoms with van der Waals surface area (Å²) in [5.74, 6) is 0.0381. The molecule has 2 aromatic rings. The summed E-state index contributed by atoms with van der Waals surface area (Å²) >= 11 is 0. The normalized spacial score (nSPS) is 10.5. The van der Waals surface area contributed by atoms with Crippen LogP contribution in [-0.2, 0) is 0 Å². The fraction of sp³-hybridized carbons (Fsp3) is 0.167. The molecule has 0 spiro atoms. The van der Waals surface area contributed by atoms with Crippen molar-refractivity contribution >= 4 is 17.1 Å². The van der Waals surface area contributed by atoms with Crippen LogP contribution in [0.5, 0.6) is 5.75 Å². The number of fused-ring (bicyclic) bond motifs is 1. The zero-order valence-electron chi connectivity index (χ0n) is 8.61. The first kappa shape index (κ1) is 9.65. The van der Waals surface area contributed by atoms with Crippen molar-refractivity contribution in [1.82, 2.24) is 4.98 Å². The lowest BCUT2D eigenvalue weighted by Gasteiger charge is -2.06. The van der Waals surface area contributed by atoms with E-state index in [9.17, 15) is 9.90 Å². The Balaban J connectivity index is 2.92. The topological polar surface area (TPSA) is 50.2 Å². The van der Waals surface area contributed by atoms with Gasteiger partial charge in [0.1, 0.15) is 5.75 Å². The predicted octanol–water partition coefficient (Wildman–Crippen LogP) is 2.37. The minimum absolute atomic E-state index is 0.0381. The molecule has 76 valence electrons. The zero-order valence-corrected chi connectivity index (χ0v) is 8.61. The molecular weight excluding hydrogens is 190 g/mol. The Morgan fingerprint density at radius 3 is 2.67 bits per heavy atom. The highest BCUT2D eigenvalue weighted by Crippen LogP contribution is 2.29. The van der Waals surface area contributed by atoms with Crippen LogP contribution in [0.2, 0.25) is 0 Å². The second kappa shape index (κ2) is 3.35. The van der Waals surface area contributed by atoms with Crippen LogP contribution in [0, 0.1) is 13.8 Å². The van der Waals surface area contributed by atoms with Crippen LogP contribution in [0.3, 0.4) is 0 Å². The minimum atomic E-state index is 0.0381. The van der Waals surface area contributed by atoms with Gasteiger partial charge in [-0.05, 0) is 26.0 Å². The maximum absolute atomic E-state index is 10.7. The molecule has 0 amide bonds. The second-order valence-corrected chi connectivity index (χ2v) is 3.57. The van der Waals surface area contributed by atoms with Crippen LogP contribution in [0.15, 0.2) is 18.2 Å². The van der Waals surface area contributed by atoms with Gasteiger partial charge in [-0.3, -0.25) is 9.78 Å². The van der Waals surface area contributed by atoms with Gasteiger partial charge >= 0.3 is 0 Å². The van der Waals surface area contributed by atoms with Gasteiger partial charge in [-0.2, -0.15) is 0 Å². The standard InChI is InChI=1S/C12H11NO2/c1-7-5-11-10(8(2)13-7)4-3-9(6-14)12(11)15/h3-6,15H,1-2H3. The Bertz CT molecular complexity index is 547. The molecule has 0 bridgehead atoms. The fourth-order valence-electron chi connectivity index (χ4n) is 1.75. The Hall–Kier alpha value is -1.90. The summed E-state index contributed by atoms with van der Waals surface area (Å²) < 4.78 is 0. The molecule has 3 nitrogen and oxygen atoms in total. The van der Waals surface area contributed by atoms with Gasteiger partial charge in [-0.25, -0.2) is 0 Å². The molecule has 0 radical (unpaired) electrons. The van der Waals surface area contributed by atoms with Crippen molar-refractivity contribution in [2.45, 2.75) is 13.8 Å². The first-order valence-electron chi connectivity index (χ1n) is 4.68. The van der Waals surface area contributed by atoms with Crippen molar-refractivity contribution in [2.75, 3.05) is 0 Å². The van der Waals surface area contributed by atoms with Crippen LogP contribution in [0.4, 0.5) is 0 Å². The molecule has 0 fully saturated rings. The van der Waals surface area contributed by atoms with E-state index in [1.807, 2.05) is 13.8 Å². The van der Waals surface area contributed by atoms with E-state index in [-0.39, 0.29) is 5.75 Å². The van der Waals surface area contributed by atoms with Crippen LogP contribution in [-0.4, -0.2) is 16.4 Å². The van der Waals surface area contributed by atoms with E-state index in [1.165, 1.54) is 0 Å². The number of rotatable bonds is 1. The molecule has 1 aromatic carbocycles. The van der Waals surface area contributed by atoms with Crippen LogP contribution >= 0.6 is 0 Å². The van der Waals surface area contributed by atoms with Crippen molar-refractivity contribution in [3.63, 3.8) is 0 Å². The van der Waals surface area contributed by atoms with Gasteiger partial charge in [0, 0.05) is 22.2 Å². The number of hydrogen-bond acceptors (Lipinski definition) is 3. The number of aromatic nitrogens is 1. The van der Waals surface area contributed by atoms with Crippen LogP contribution in [0.25, 0.3) is 10.8 Å². The molecule has 15 heavy (non-hydrogen) atoms. The van der Waals surface area contributed by atoms with E-state index in [4.69, 9.17) is 0 Å². The van der Waals surface area contributed by atoms with E-state index < -0.39 is 0 Å². The van der Waals surface area contributed by atoms with Gasteiger partial charge in [0.2, 0.25) is 0 Å². The highest BCUT2D eigenvalue weighted by molar-refractivity contribution is 5.96. The van der Waals surface area contributed by atoms with E-state index in [0.717, 1.165) is 16.8 Å². The number of carbonyl (C=O) groups excluding carboxylic acids is 1. The van der Waals surface area contributed by atoms with Crippen LogP contribution < -0.4 is 0 Å². The molecule has 1 N–H and O–H groups in total. The molecule has 2 rings (SSSR count). The van der Waals surface area contributed by atoms with Crippen molar-refractivity contribution in [2.24, 2.45) is 0 Å². The molecule has 0 atom stereocenters. The first-order chi connectivity index (χ1) is 7.13. The lowest BCUT2D eigenvalue weighted by atomic mass is 10.0. The highest BCUT2D eigenvalue weighted by atomic mass is 16.3. The number of hydrogen-bond donors (Lipinski definition) is 1. The average molecular weight is 201 g/mol. The number of phenolic OH excluding ortho intramolecular Hbond substituents is 1. The van der Waals surface area contributed by atoms with E-state index in [0.29, 0.717) is 17.2 Å². The molecule has 1 heterocycles. The predicted molar refractivity (Wildman–Crippen MR) is 58.3 cm³/mol. The summed E-state index contributed by atoms with van der Waals surface area (Å²) in [6, 6.07) is 5.19. The van der Waals surface area contributed by atoms with Gasteiger partial charge in [0.25, 0.3) is 0 Å². The SMILES string of the molecule is Cc1cc2c(O)c(C=O)ccc2c(C)n1. The summed E-state index contributed by atoms with van der Waals surface area (Å²) in [5.41, 5.74) is 2.00. The molecule has 0 aliphatic heterocycles. The maximum Gasteiger partial charge on any atom is 0.153 e. The van der Waals surface area contributed by atoms with E-state index in [2.05, 4.69) is 4.98 Å². The quantitative estimate of drug-likeness (QED) is 0.720. The molecule has 0 aliphatic rings. The summed E-state index contributed by atoms with van der Waals surface area (Å²) in [4.78, 5) is 15.0. The molecule has 0 saturated heterocycles. The minimum Gasteiger partial charge on any atom is -0.507 e. The van der Waals surface area contributed by atoms with Crippen molar-refractivity contribution in [1.29, 1.82) is 0 Å². The second-order valence-electron chi connectivity index (χ2n) is 3.57. The maximum atomic E-state index is 10.7. The summed E-state index contributed by atoms with van der Waals surface area (Å²) in [7, 11) is 0. The molecule has 0 unspecified atom stereocenters. The Morgan fingerprint density at radius 2 is 2.00 bits per heavy atom. The molecule has 0 saturated carbocycles. The smallest absolute Gasteiger partial charge is 0.153 e. The van der Waals surface area contributed by atoms with E-state index >= 15 is 0 Å². The lowest BCUT2D eigenvalue weighted by molar-refractivity contribution is 0.112. The van der Waals surface area contributed by atoms with Gasteiger partial charge in [0.05, 0.1) is 5.56 Å². The van der Waals surface area contributed by atoms with Gasteiger partial charge in [-0.15, -0.1) is 0 Å². The summed E-state index contributed by atoms with van der Waals surface area (Å²) in [6.07, 6.45) is 0.653. The summed E-state index contributed by atoms with van der Waals surface area (Å²) in [5, 5.41) is 11.4. The van der Waals surface area contributed by atoms with Gasteiger partial charge < -0.3 is 5.11 Å². The largest absolute Gasteiger partial charge is 0.507 e. The third-order valence-electron chi connectivity index (χ3n) is 2.46. The van der Waals surface area contributed by atoms with Crippen molar-refractivity contribution in [3.8, 4) is 5.75 Å². The number of phenols is 1.